The van der Waals surface area contributed by atoms with Gasteiger partial charge in [0.25, 0.3) is 0 Å². The van der Waals surface area contributed by atoms with E-state index in [1.54, 1.807) is 6.34 Å². The summed E-state index contributed by atoms with van der Waals surface area (Å²) in [7, 11) is 0. The molecule has 0 aliphatic carbocycles. The second-order valence-electron chi connectivity index (χ2n) is 2.87. The normalized spacial score (nSPS) is 38.3. The molecule has 0 spiro atoms. The van der Waals surface area contributed by atoms with Gasteiger partial charge >= 0.3 is 0 Å². The average molecular weight is 183 g/mol. The second kappa shape index (κ2) is 2.24. The van der Waals surface area contributed by atoms with Crippen molar-refractivity contribution in [2.45, 2.75) is 18.8 Å². The van der Waals surface area contributed by atoms with E-state index in [1.807, 2.05) is 6.92 Å². The molecular weight excluding hydrogens is 174 g/mol. The van der Waals surface area contributed by atoms with Crippen LogP contribution in [0.25, 0.3) is 0 Å². The molecule has 6 heteroatoms. The van der Waals surface area contributed by atoms with Crippen molar-refractivity contribution in [3.8, 4) is 0 Å². The number of aliphatic imine (C=N–C) groups is 2. The molecule has 0 aromatic carbocycles. The lowest BCUT2D eigenvalue weighted by molar-refractivity contribution is 0.612. The SMILES string of the molecule is CC12N=CNC1=NC(N)NC2=S. The van der Waals surface area contributed by atoms with E-state index < -0.39 is 11.8 Å². The van der Waals surface area contributed by atoms with Gasteiger partial charge in [-0.2, -0.15) is 0 Å². The molecule has 12 heavy (non-hydrogen) atoms. The zero-order valence-corrected chi connectivity index (χ0v) is 7.35. The van der Waals surface area contributed by atoms with Crippen LogP contribution in [0, 0.1) is 0 Å². The average Bonchev–Trinajstić information content (AvgIpc) is 2.33. The van der Waals surface area contributed by atoms with Gasteiger partial charge in [0.1, 0.15) is 10.8 Å². The van der Waals surface area contributed by atoms with Crippen molar-refractivity contribution in [3.05, 3.63) is 0 Å². The Morgan fingerprint density at radius 1 is 1.75 bits per heavy atom. The minimum Gasteiger partial charge on any atom is -0.344 e. The minimum atomic E-state index is -0.523. The Hall–Kier alpha value is -1.01. The highest BCUT2D eigenvalue weighted by Gasteiger charge is 2.41. The summed E-state index contributed by atoms with van der Waals surface area (Å²) in [6, 6.07) is 0. The van der Waals surface area contributed by atoms with Crippen molar-refractivity contribution in [3.63, 3.8) is 0 Å². The van der Waals surface area contributed by atoms with Crippen LogP contribution in [0.15, 0.2) is 9.98 Å². The monoisotopic (exact) mass is 183 g/mol. The third-order valence-electron chi connectivity index (χ3n) is 1.97. The molecule has 0 saturated heterocycles. The molecular formula is C6H9N5S. The first kappa shape index (κ1) is 7.63. The molecule has 0 fully saturated rings. The molecule has 2 unspecified atom stereocenters. The van der Waals surface area contributed by atoms with Gasteiger partial charge in [-0.05, 0) is 6.92 Å². The molecule has 2 rings (SSSR count). The van der Waals surface area contributed by atoms with Gasteiger partial charge in [-0.1, -0.05) is 12.2 Å². The van der Waals surface area contributed by atoms with E-state index in [1.165, 1.54) is 0 Å². The summed E-state index contributed by atoms with van der Waals surface area (Å²) in [4.78, 5) is 8.92. The molecule has 0 aromatic rings. The van der Waals surface area contributed by atoms with Gasteiger partial charge in [0.05, 0.1) is 6.34 Å². The number of nitrogens with one attached hydrogen (secondary N) is 2. The van der Waals surface area contributed by atoms with E-state index in [4.69, 9.17) is 18.0 Å². The smallest absolute Gasteiger partial charge is 0.173 e. The van der Waals surface area contributed by atoms with Gasteiger partial charge in [-0.15, -0.1) is 0 Å². The van der Waals surface area contributed by atoms with Crippen LogP contribution in [0.1, 0.15) is 6.92 Å². The van der Waals surface area contributed by atoms with Crippen molar-refractivity contribution in [1.29, 1.82) is 0 Å². The lowest BCUT2D eigenvalue weighted by Crippen LogP contribution is -2.58. The van der Waals surface area contributed by atoms with E-state index in [0.717, 1.165) is 5.84 Å². The molecule has 2 aliphatic heterocycles. The number of hydrogen-bond donors (Lipinski definition) is 3. The van der Waals surface area contributed by atoms with Crippen LogP contribution < -0.4 is 16.4 Å². The molecule has 4 N–H and O–H groups in total. The van der Waals surface area contributed by atoms with E-state index in [9.17, 15) is 0 Å². The Labute approximate surface area is 75.1 Å². The second-order valence-corrected chi connectivity index (χ2v) is 3.28. The van der Waals surface area contributed by atoms with Crippen LogP contribution in [0.4, 0.5) is 0 Å². The number of amidine groups is 1. The van der Waals surface area contributed by atoms with Crippen LogP contribution in [0.2, 0.25) is 0 Å². The molecule has 64 valence electrons. The fourth-order valence-corrected chi connectivity index (χ4v) is 1.47. The fraction of sp³-hybridized carbons (Fsp3) is 0.500. The molecule has 2 aliphatic rings. The number of rotatable bonds is 0. The Morgan fingerprint density at radius 2 is 2.50 bits per heavy atom. The summed E-state index contributed by atoms with van der Waals surface area (Å²) in [6.07, 6.45) is 1.14. The largest absolute Gasteiger partial charge is 0.344 e. The Bertz CT molecular complexity index is 296. The van der Waals surface area contributed by atoms with Crippen LogP contribution in [-0.4, -0.2) is 29.0 Å². The first-order valence-electron chi connectivity index (χ1n) is 3.58. The quantitative estimate of drug-likeness (QED) is 0.419. The van der Waals surface area contributed by atoms with Crippen molar-refractivity contribution < 1.29 is 0 Å². The van der Waals surface area contributed by atoms with Crippen molar-refractivity contribution >= 4 is 29.4 Å². The van der Waals surface area contributed by atoms with Crippen LogP contribution in [-0.2, 0) is 0 Å². The first-order chi connectivity index (χ1) is 5.63. The first-order valence-corrected chi connectivity index (χ1v) is 3.99. The third-order valence-corrected chi connectivity index (χ3v) is 2.49. The Kier molecular flexibility index (Phi) is 1.42. The number of fused-ring (bicyclic) bond motifs is 1. The van der Waals surface area contributed by atoms with Gasteiger partial charge in [-0.3, -0.25) is 10.7 Å². The van der Waals surface area contributed by atoms with Crippen LogP contribution >= 0.6 is 12.2 Å². The summed E-state index contributed by atoms with van der Waals surface area (Å²) < 4.78 is 0. The maximum Gasteiger partial charge on any atom is 0.173 e. The van der Waals surface area contributed by atoms with E-state index >= 15 is 0 Å². The highest BCUT2D eigenvalue weighted by Crippen LogP contribution is 2.19. The Morgan fingerprint density at radius 3 is 3.25 bits per heavy atom. The van der Waals surface area contributed by atoms with Crippen LogP contribution in [0.5, 0.6) is 0 Å². The molecule has 5 nitrogen and oxygen atoms in total. The number of hydrogen-bond acceptors (Lipinski definition) is 5. The lowest BCUT2D eigenvalue weighted by Gasteiger charge is -2.30. The molecule has 2 atom stereocenters. The molecule has 0 bridgehead atoms. The highest BCUT2D eigenvalue weighted by molar-refractivity contribution is 7.80. The van der Waals surface area contributed by atoms with E-state index in [0.29, 0.717) is 4.99 Å². The van der Waals surface area contributed by atoms with Crippen LogP contribution in [0.3, 0.4) is 0 Å². The summed E-state index contributed by atoms with van der Waals surface area (Å²) >= 11 is 5.11. The molecule has 0 aromatic heterocycles. The predicted octanol–water partition coefficient (Wildman–Crippen LogP) is -1.05. The standard InChI is InChI=1S/C6H9N5S/c1-6-3(8-2-9-6)10-5(7)11-4(6)12/h2,5H,7H2,1H3,(H,11,12)(H,8,9,10). The lowest BCUT2D eigenvalue weighted by atomic mass is 10.0. The minimum absolute atomic E-state index is 0.449. The van der Waals surface area contributed by atoms with Gasteiger partial charge in [0.15, 0.2) is 11.8 Å². The van der Waals surface area contributed by atoms with Crippen molar-refractivity contribution in [2.24, 2.45) is 15.7 Å². The van der Waals surface area contributed by atoms with Gasteiger partial charge < -0.3 is 10.6 Å². The highest BCUT2D eigenvalue weighted by atomic mass is 32.1. The molecule has 0 saturated carbocycles. The van der Waals surface area contributed by atoms with Gasteiger partial charge in [0, 0.05) is 0 Å². The van der Waals surface area contributed by atoms with Crippen molar-refractivity contribution in [1.82, 2.24) is 10.6 Å². The summed E-state index contributed by atoms with van der Waals surface area (Å²) in [5.74, 6) is 0.721. The third kappa shape index (κ3) is 0.850. The number of thiocarbonyl (C=S) groups is 1. The van der Waals surface area contributed by atoms with Crippen molar-refractivity contribution in [2.75, 3.05) is 0 Å². The van der Waals surface area contributed by atoms with Gasteiger partial charge in [-0.25, -0.2) is 4.99 Å². The summed E-state index contributed by atoms with van der Waals surface area (Å²) in [5.41, 5.74) is 5.04. The predicted molar refractivity (Wildman–Crippen MR) is 51.2 cm³/mol. The van der Waals surface area contributed by atoms with E-state index in [-0.39, 0.29) is 0 Å². The molecule has 0 radical (unpaired) electrons. The molecule has 0 amide bonds. The summed E-state index contributed by atoms with van der Waals surface area (Å²) in [5, 5.41) is 5.77. The maximum absolute atomic E-state index is 5.56. The number of nitrogens with zero attached hydrogens (tertiary/aromatic N) is 2. The Balaban J connectivity index is 2.45. The zero-order chi connectivity index (χ0) is 8.77. The topological polar surface area (TPSA) is 74.8 Å². The fourth-order valence-electron chi connectivity index (χ4n) is 1.20. The maximum atomic E-state index is 5.56. The van der Waals surface area contributed by atoms with E-state index in [2.05, 4.69) is 20.6 Å². The van der Waals surface area contributed by atoms with Gasteiger partial charge in [0.2, 0.25) is 0 Å². The summed E-state index contributed by atoms with van der Waals surface area (Å²) in [6.45, 7) is 1.89. The number of nitrogens with two attached hydrogens (primary N) is 1. The molecule has 2 heterocycles. The zero-order valence-electron chi connectivity index (χ0n) is 6.53.